The monoisotopic (exact) mass is 440 g/mol. The molecule has 0 aliphatic rings. The Bertz CT molecular complexity index is 1050. The molecule has 1 aromatic heterocycles. The lowest BCUT2D eigenvalue weighted by atomic mass is 9.97. The van der Waals surface area contributed by atoms with E-state index in [0.29, 0.717) is 17.1 Å². The molecule has 0 bridgehead atoms. The van der Waals surface area contributed by atoms with Gasteiger partial charge in [0.05, 0.1) is 11.0 Å². The van der Waals surface area contributed by atoms with Crippen molar-refractivity contribution < 1.29 is 9.59 Å². The second-order valence-corrected chi connectivity index (χ2v) is 8.22. The predicted octanol–water partition coefficient (Wildman–Crippen LogP) is 4.35. The fraction of sp³-hybridized carbons (Fsp3) is 0.375. The molecular weight excluding hydrogens is 412 g/mol. The van der Waals surface area contributed by atoms with Crippen molar-refractivity contribution >= 4 is 34.4 Å². The van der Waals surface area contributed by atoms with Gasteiger partial charge in [0.2, 0.25) is 5.91 Å². The minimum absolute atomic E-state index is 0.0103. The smallest absolute Gasteiger partial charge is 0.251 e. The number of aryl methyl sites for hydroxylation is 2. The lowest BCUT2D eigenvalue weighted by Gasteiger charge is -2.23. The highest BCUT2D eigenvalue weighted by Gasteiger charge is 2.26. The van der Waals surface area contributed by atoms with Crippen LogP contribution in [0.3, 0.4) is 0 Å². The number of halogens is 1. The molecule has 0 saturated heterocycles. The highest BCUT2D eigenvalue weighted by atomic mass is 35.5. The van der Waals surface area contributed by atoms with Gasteiger partial charge < -0.3 is 15.2 Å². The van der Waals surface area contributed by atoms with Crippen LogP contribution in [0, 0.1) is 12.8 Å². The second kappa shape index (κ2) is 10.4. The number of fused-ring (bicyclic) bond motifs is 1. The molecule has 2 aromatic carbocycles. The average molecular weight is 441 g/mol. The van der Waals surface area contributed by atoms with Gasteiger partial charge in [0, 0.05) is 23.7 Å². The number of hydrogen-bond donors (Lipinski definition) is 2. The summed E-state index contributed by atoms with van der Waals surface area (Å²) in [6.45, 7) is 7.25. The zero-order valence-electron chi connectivity index (χ0n) is 18.2. The summed E-state index contributed by atoms with van der Waals surface area (Å²) in [5.74, 6) is 0.526. The molecule has 31 heavy (non-hydrogen) atoms. The maximum atomic E-state index is 12.8. The van der Waals surface area contributed by atoms with Crippen LogP contribution in [0.4, 0.5) is 0 Å². The number of carbonyl (C=O) groups is 2. The standard InChI is InChI=1S/C24H29ClN4O2/c1-4-16(2)22(28-23(30)18-10-12-19(25)13-11-18)24(31)26-14-7-15-29-17(3)27-20-8-5-6-9-21(20)29/h5-6,8-13,16,22H,4,7,14-15H2,1-3H3,(H,26,31)(H,28,30). The van der Waals surface area contributed by atoms with E-state index in [-0.39, 0.29) is 17.7 Å². The molecule has 0 spiro atoms. The van der Waals surface area contributed by atoms with E-state index in [1.165, 1.54) is 0 Å². The average Bonchev–Trinajstić information content (AvgIpc) is 3.09. The van der Waals surface area contributed by atoms with Crippen molar-refractivity contribution in [3.05, 3.63) is 64.9 Å². The van der Waals surface area contributed by atoms with Crippen LogP contribution in [-0.4, -0.2) is 34.0 Å². The van der Waals surface area contributed by atoms with Crippen molar-refractivity contribution in [2.75, 3.05) is 6.54 Å². The van der Waals surface area contributed by atoms with Gasteiger partial charge in [0.15, 0.2) is 0 Å². The Morgan fingerprint density at radius 1 is 1.13 bits per heavy atom. The number of aromatic nitrogens is 2. The van der Waals surface area contributed by atoms with Crippen molar-refractivity contribution in [1.82, 2.24) is 20.2 Å². The predicted molar refractivity (Wildman–Crippen MR) is 124 cm³/mol. The maximum absolute atomic E-state index is 12.8. The number of nitrogens with one attached hydrogen (secondary N) is 2. The molecule has 2 unspecified atom stereocenters. The highest BCUT2D eigenvalue weighted by Crippen LogP contribution is 2.16. The number of rotatable bonds is 9. The SMILES string of the molecule is CCC(C)C(NC(=O)c1ccc(Cl)cc1)C(=O)NCCCn1c(C)nc2ccccc21. The lowest BCUT2D eigenvalue weighted by molar-refractivity contribution is -0.124. The summed E-state index contributed by atoms with van der Waals surface area (Å²) >= 11 is 5.89. The van der Waals surface area contributed by atoms with Gasteiger partial charge in [-0.25, -0.2) is 4.98 Å². The van der Waals surface area contributed by atoms with Crippen LogP contribution < -0.4 is 10.6 Å². The first kappa shape index (κ1) is 22.8. The van der Waals surface area contributed by atoms with Gasteiger partial charge in [-0.2, -0.15) is 0 Å². The molecule has 1 heterocycles. The summed E-state index contributed by atoms with van der Waals surface area (Å²) in [7, 11) is 0. The number of nitrogens with zero attached hydrogens (tertiary/aromatic N) is 2. The number of amides is 2. The van der Waals surface area contributed by atoms with Crippen LogP contribution in [0.2, 0.25) is 5.02 Å². The van der Waals surface area contributed by atoms with E-state index in [1.54, 1.807) is 24.3 Å². The van der Waals surface area contributed by atoms with Gasteiger partial charge in [-0.05, 0) is 55.7 Å². The molecule has 2 amide bonds. The van der Waals surface area contributed by atoms with Gasteiger partial charge >= 0.3 is 0 Å². The van der Waals surface area contributed by atoms with Crippen LogP contribution in [0.5, 0.6) is 0 Å². The third-order valence-electron chi connectivity index (χ3n) is 5.59. The third-order valence-corrected chi connectivity index (χ3v) is 5.84. The summed E-state index contributed by atoms with van der Waals surface area (Å²) in [6, 6.07) is 14.1. The summed E-state index contributed by atoms with van der Waals surface area (Å²) in [6.07, 6.45) is 1.55. The molecule has 2 atom stereocenters. The Kier molecular flexibility index (Phi) is 7.69. The summed E-state index contributed by atoms with van der Waals surface area (Å²) in [5.41, 5.74) is 2.55. The lowest BCUT2D eigenvalue weighted by Crippen LogP contribution is -2.50. The van der Waals surface area contributed by atoms with Crippen molar-refractivity contribution in [3.63, 3.8) is 0 Å². The van der Waals surface area contributed by atoms with E-state index in [4.69, 9.17) is 11.6 Å². The number of para-hydroxylation sites is 2. The Labute approximate surface area is 188 Å². The zero-order valence-corrected chi connectivity index (χ0v) is 18.9. The fourth-order valence-corrected chi connectivity index (χ4v) is 3.69. The Morgan fingerprint density at radius 3 is 2.55 bits per heavy atom. The fourth-order valence-electron chi connectivity index (χ4n) is 3.56. The van der Waals surface area contributed by atoms with Gasteiger partial charge in [0.25, 0.3) is 5.91 Å². The van der Waals surface area contributed by atoms with Crippen molar-refractivity contribution in [3.8, 4) is 0 Å². The maximum Gasteiger partial charge on any atom is 0.251 e. The quantitative estimate of drug-likeness (QED) is 0.485. The van der Waals surface area contributed by atoms with E-state index >= 15 is 0 Å². The molecule has 7 heteroatoms. The molecule has 0 saturated carbocycles. The zero-order chi connectivity index (χ0) is 22.4. The summed E-state index contributed by atoms with van der Waals surface area (Å²) in [5, 5.41) is 6.43. The van der Waals surface area contributed by atoms with Crippen LogP contribution in [0.15, 0.2) is 48.5 Å². The Morgan fingerprint density at radius 2 is 1.84 bits per heavy atom. The summed E-state index contributed by atoms with van der Waals surface area (Å²) in [4.78, 5) is 30.0. The van der Waals surface area contributed by atoms with Crippen molar-refractivity contribution in [2.24, 2.45) is 5.92 Å². The first-order valence-electron chi connectivity index (χ1n) is 10.7. The minimum Gasteiger partial charge on any atom is -0.354 e. The first-order chi connectivity index (χ1) is 14.9. The van der Waals surface area contributed by atoms with Crippen LogP contribution in [0.1, 0.15) is 42.9 Å². The van der Waals surface area contributed by atoms with Gasteiger partial charge in [0.1, 0.15) is 11.9 Å². The molecule has 3 rings (SSSR count). The molecule has 164 valence electrons. The summed E-state index contributed by atoms with van der Waals surface area (Å²) < 4.78 is 2.16. The molecule has 0 radical (unpaired) electrons. The minimum atomic E-state index is -0.594. The second-order valence-electron chi connectivity index (χ2n) is 7.79. The van der Waals surface area contributed by atoms with Crippen molar-refractivity contribution in [1.29, 1.82) is 0 Å². The van der Waals surface area contributed by atoms with E-state index < -0.39 is 6.04 Å². The van der Waals surface area contributed by atoms with Gasteiger partial charge in [-0.15, -0.1) is 0 Å². The van der Waals surface area contributed by atoms with Crippen LogP contribution >= 0.6 is 11.6 Å². The topological polar surface area (TPSA) is 76.0 Å². The van der Waals surface area contributed by atoms with E-state index in [0.717, 1.165) is 36.2 Å². The third kappa shape index (κ3) is 5.64. The molecule has 0 aliphatic heterocycles. The van der Waals surface area contributed by atoms with Crippen LogP contribution in [-0.2, 0) is 11.3 Å². The normalized spacial score (nSPS) is 13.0. The number of imidazole rings is 1. The Balaban J connectivity index is 1.57. The van der Waals surface area contributed by atoms with E-state index in [9.17, 15) is 9.59 Å². The van der Waals surface area contributed by atoms with Gasteiger partial charge in [-0.3, -0.25) is 9.59 Å². The number of hydrogen-bond acceptors (Lipinski definition) is 3. The van der Waals surface area contributed by atoms with E-state index in [2.05, 4.69) is 26.3 Å². The molecular formula is C24H29ClN4O2. The molecule has 3 aromatic rings. The highest BCUT2D eigenvalue weighted by molar-refractivity contribution is 6.30. The molecule has 0 fully saturated rings. The molecule has 6 nitrogen and oxygen atoms in total. The van der Waals surface area contributed by atoms with Crippen LogP contribution in [0.25, 0.3) is 11.0 Å². The largest absolute Gasteiger partial charge is 0.354 e. The molecule has 2 N–H and O–H groups in total. The first-order valence-corrected chi connectivity index (χ1v) is 11.0. The Hall–Kier alpha value is -2.86. The van der Waals surface area contributed by atoms with E-state index in [1.807, 2.05) is 39.0 Å². The molecule has 0 aliphatic carbocycles. The number of benzene rings is 2. The number of carbonyl (C=O) groups excluding carboxylic acids is 2. The van der Waals surface area contributed by atoms with Gasteiger partial charge in [-0.1, -0.05) is 44.0 Å². The van der Waals surface area contributed by atoms with Crippen molar-refractivity contribution in [2.45, 2.75) is 46.2 Å².